The number of furan rings is 1. The summed E-state index contributed by atoms with van der Waals surface area (Å²) in [6.45, 7) is 1.48. The summed E-state index contributed by atoms with van der Waals surface area (Å²) in [5, 5.41) is 14.9. The lowest BCUT2D eigenvalue weighted by Crippen LogP contribution is -2.32. The second-order valence-electron chi connectivity index (χ2n) is 4.50. The number of carbonyl (C=O) groups is 2. The Kier molecular flexibility index (Phi) is 4.73. The number of benzene rings is 1. The molecule has 0 aliphatic carbocycles. The molecule has 1 aromatic heterocycles. The van der Waals surface area contributed by atoms with E-state index >= 15 is 0 Å². The van der Waals surface area contributed by atoms with E-state index in [0.717, 1.165) is 0 Å². The number of anilines is 1. The van der Waals surface area contributed by atoms with Crippen LogP contribution in [0.15, 0.2) is 47.1 Å². The molecule has 6 nitrogen and oxygen atoms in total. The number of aliphatic hydroxyl groups is 1. The molecule has 0 saturated heterocycles. The molecule has 1 atom stereocenters. The van der Waals surface area contributed by atoms with E-state index in [1.807, 2.05) is 0 Å². The molecular weight excluding hydrogens is 272 g/mol. The molecule has 3 N–H and O–H groups in total. The Morgan fingerprint density at radius 1 is 1.29 bits per heavy atom. The summed E-state index contributed by atoms with van der Waals surface area (Å²) < 4.78 is 5.03. The molecule has 0 bridgehead atoms. The average molecular weight is 288 g/mol. The molecule has 0 aliphatic heterocycles. The van der Waals surface area contributed by atoms with Crippen LogP contribution in [0.4, 0.5) is 10.5 Å². The molecular formula is C15H16N2O4. The first-order valence-corrected chi connectivity index (χ1v) is 6.43. The highest BCUT2D eigenvalue weighted by molar-refractivity contribution is 5.96. The van der Waals surface area contributed by atoms with E-state index in [-0.39, 0.29) is 12.3 Å². The van der Waals surface area contributed by atoms with Gasteiger partial charge in [-0.25, -0.2) is 4.79 Å². The normalized spacial score (nSPS) is 11.7. The van der Waals surface area contributed by atoms with Crippen LogP contribution in [0.2, 0.25) is 0 Å². The van der Waals surface area contributed by atoms with Crippen molar-refractivity contribution in [2.24, 2.45) is 0 Å². The van der Waals surface area contributed by atoms with Crippen molar-refractivity contribution in [3.8, 4) is 0 Å². The van der Waals surface area contributed by atoms with Crippen molar-refractivity contribution >= 4 is 17.5 Å². The third-order valence-electron chi connectivity index (χ3n) is 2.85. The molecule has 0 spiro atoms. The van der Waals surface area contributed by atoms with Crippen LogP contribution in [-0.2, 0) is 0 Å². The third kappa shape index (κ3) is 4.19. The Balaban J connectivity index is 1.87. The zero-order valence-electron chi connectivity index (χ0n) is 11.5. The zero-order chi connectivity index (χ0) is 15.2. The highest BCUT2D eigenvalue weighted by Crippen LogP contribution is 2.13. The van der Waals surface area contributed by atoms with Gasteiger partial charge in [-0.2, -0.15) is 0 Å². The second-order valence-corrected chi connectivity index (χ2v) is 4.50. The first-order valence-electron chi connectivity index (χ1n) is 6.43. The molecule has 1 unspecified atom stereocenters. The number of urea groups is 1. The molecule has 21 heavy (non-hydrogen) atoms. The highest BCUT2D eigenvalue weighted by atomic mass is 16.4. The van der Waals surface area contributed by atoms with Crippen molar-refractivity contribution in [2.75, 3.05) is 11.9 Å². The Morgan fingerprint density at radius 3 is 2.76 bits per heavy atom. The number of amides is 2. The predicted molar refractivity (Wildman–Crippen MR) is 77.1 cm³/mol. The van der Waals surface area contributed by atoms with Crippen LogP contribution in [0, 0.1) is 0 Å². The number of ketones is 1. The zero-order valence-corrected chi connectivity index (χ0v) is 11.5. The first-order chi connectivity index (χ1) is 10.1. The molecule has 6 heteroatoms. The molecule has 1 heterocycles. The van der Waals surface area contributed by atoms with Gasteiger partial charge in [0.2, 0.25) is 0 Å². The summed E-state index contributed by atoms with van der Waals surface area (Å²) >= 11 is 0. The molecule has 110 valence electrons. The highest BCUT2D eigenvalue weighted by Gasteiger charge is 2.12. The van der Waals surface area contributed by atoms with E-state index in [9.17, 15) is 14.7 Å². The van der Waals surface area contributed by atoms with Crippen LogP contribution in [0.5, 0.6) is 0 Å². The number of Topliss-reactive ketones (excluding diaryl/α,β-unsaturated/α-hetero) is 1. The number of nitrogens with one attached hydrogen (secondary N) is 2. The van der Waals surface area contributed by atoms with Crippen LogP contribution in [-0.4, -0.2) is 23.5 Å². The maximum absolute atomic E-state index is 11.7. The summed E-state index contributed by atoms with van der Waals surface area (Å²) in [5.74, 6) is 0.307. The van der Waals surface area contributed by atoms with Crippen molar-refractivity contribution in [1.29, 1.82) is 0 Å². The van der Waals surface area contributed by atoms with Gasteiger partial charge in [0.05, 0.1) is 12.8 Å². The second kappa shape index (κ2) is 6.71. The maximum atomic E-state index is 11.7. The van der Waals surface area contributed by atoms with E-state index in [4.69, 9.17) is 4.42 Å². The quantitative estimate of drug-likeness (QED) is 0.736. The Labute approximate surface area is 121 Å². The van der Waals surface area contributed by atoms with Gasteiger partial charge >= 0.3 is 6.03 Å². The number of hydrogen-bond donors (Lipinski definition) is 3. The molecule has 2 aromatic rings. The van der Waals surface area contributed by atoms with Crippen molar-refractivity contribution in [1.82, 2.24) is 5.32 Å². The summed E-state index contributed by atoms with van der Waals surface area (Å²) in [6.07, 6.45) is 0.542. The lowest BCUT2D eigenvalue weighted by Gasteiger charge is -2.11. The molecule has 0 saturated carbocycles. The van der Waals surface area contributed by atoms with Crippen LogP contribution in [0.3, 0.4) is 0 Å². The van der Waals surface area contributed by atoms with E-state index in [1.54, 1.807) is 36.4 Å². The van der Waals surface area contributed by atoms with Gasteiger partial charge in [0.1, 0.15) is 11.9 Å². The molecule has 1 aromatic carbocycles. The third-order valence-corrected chi connectivity index (χ3v) is 2.85. The lowest BCUT2D eigenvalue weighted by molar-refractivity contribution is 0.101. The standard InChI is InChI=1S/C15H16N2O4/c1-10(18)11-4-2-5-12(8-11)17-15(20)16-9-13(19)14-6-3-7-21-14/h2-8,13,19H,9H2,1H3,(H2,16,17,20). The fraction of sp³-hybridized carbons (Fsp3) is 0.200. The monoisotopic (exact) mass is 288 g/mol. The maximum Gasteiger partial charge on any atom is 0.319 e. The summed E-state index contributed by atoms with van der Waals surface area (Å²) in [6, 6.07) is 9.43. The van der Waals surface area contributed by atoms with Crippen LogP contribution < -0.4 is 10.6 Å². The molecule has 2 amide bonds. The minimum atomic E-state index is -0.908. The largest absolute Gasteiger partial charge is 0.467 e. The summed E-state index contributed by atoms with van der Waals surface area (Å²) in [5.41, 5.74) is 1.02. The van der Waals surface area contributed by atoms with E-state index in [1.165, 1.54) is 13.2 Å². The average Bonchev–Trinajstić information content (AvgIpc) is 2.99. The van der Waals surface area contributed by atoms with Gasteiger partial charge in [-0.3, -0.25) is 4.79 Å². The first kappa shape index (κ1) is 14.8. The summed E-state index contributed by atoms with van der Waals surface area (Å²) in [7, 11) is 0. The number of hydrogen-bond acceptors (Lipinski definition) is 4. The minimum Gasteiger partial charge on any atom is -0.467 e. The SMILES string of the molecule is CC(=O)c1cccc(NC(=O)NCC(O)c2ccco2)c1. The van der Waals surface area contributed by atoms with Gasteiger partial charge in [-0.05, 0) is 31.2 Å². The van der Waals surface area contributed by atoms with Crippen molar-refractivity contribution < 1.29 is 19.1 Å². The van der Waals surface area contributed by atoms with Gasteiger partial charge in [0.25, 0.3) is 0 Å². The lowest BCUT2D eigenvalue weighted by atomic mass is 10.1. The van der Waals surface area contributed by atoms with Crippen LogP contribution in [0.1, 0.15) is 29.1 Å². The van der Waals surface area contributed by atoms with Gasteiger partial charge in [0.15, 0.2) is 5.78 Å². The van der Waals surface area contributed by atoms with Gasteiger partial charge in [0, 0.05) is 11.3 Å². The van der Waals surface area contributed by atoms with E-state index < -0.39 is 12.1 Å². The van der Waals surface area contributed by atoms with E-state index in [2.05, 4.69) is 10.6 Å². The molecule has 2 rings (SSSR count). The molecule has 0 radical (unpaired) electrons. The smallest absolute Gasteiger partial charge is 0.319 e. The van der Waals surface area contributed by atoms with Gasteiger partial charge in [-0.1, -0.05) is 12.1 Å². The Hall–Kier alpha value is -2.60. The van der Waals surface area contributed by atoms with Crippen LogP contribution in [0.25, 0.3) is 0 Å². The van der Waals surface area contributed by atoms with Crippen molar-refractivity contribution in [2.45, 2.75) is 13.0 Å². The molecule has 0 aliphatic rings. The number of rotatable bonds is 5. The fourth-order valence-corrected chi connectivity index (χ4v) is 1.76. The number of carbonyl (C=O) groups excluding carboxylic acids is 2. The van der Waals surface area contributed by atoms with Gasteiger partial charge < -0.3 is 20.2 Å². The van der Waals surface area contributed by atoms with Crippen LogP contribution >= 0.6 is 0 Å². The van der Waals surface area contributed by atoms with Crippen molar-refractivity contribution in [3.05, 3.63) is 54.0 Å². The molecule has 0 fully saturated rings. The number of aliphatic hydroxyl groups excluding tert-OH is 1. The minimum absolute atomic E-state index is 0.0196. The topological polar surface area (TPSA) is 91.6 Å². The Morgan fingerprint density at radius 2 is 2.10 bits per heavy atom. The summed E-state index contributed by atoms with van der Waals surface area (Å²) in [4.78, 5) is 23.0. The van der Waals surface area contributed by atoms with Crippen molar-refractivity contribution in [3.63, 3.8) is 0 Å². The Bertz CT molecular complexity index is 622. The fourth-order valence-electron chi connectivity index (χ4n) is 1.76. The predicted octanol–water partition coefficient (Wildman–Crippen LogP) is 2.34. The van der Waals surface area contributed by atoms with Gasteiger partial charge in [-0.15, -0.1) is 0 Å². The van der Waals surface area contributed by atoms with E-state index in [0.29, 0.717) is 17.0 Å².